The molecular weight excluding hydrogens is 264 g/mol. The molecule has 1 aromatic heterocycles. The van der Waals surface area contributed by atoms with E-state index in [9.17, 15) is 0 Å². The fourth-order valence-electron chi connectivity index (χ4n) is 2.42. The van der Waals surface area contributed by atoms with Crippen LogP contribution in [0.2, 0.25) is 5.02 Å². The van der Waals surface area contributed by atoms with Gasteiger partial charge in [0.15, 0.2) is 5.82 Å². The first-order valence-electron chi connectivity index (χ1n) is 6.26. The van der Waals surface area contributed by atoms with Crippen LogP contribution in [-0.2, 0) is 13.0 Å². The minimum absolute atomic E-state index is 0.501. The molecule has 0 aliphatic carbocycles. The molecule has 100 valence electrons. The van der Waals surface area contributed by atoms with E-state index in [1.165, 1.54) is 0 Å². The van der Waals surface area contributed by atoms with Crippen LogP contribution in [0.5, 0.6) is 5.75 Å². The predicted octanol–water partition coefficient (Wildman–Crippen LogP) is 2.53. The van der Waals surface area contributed by atoms with Crippen LogP contribution >= 0.6 is 11.6 Å². The third-order valence-corrected chi connectivity index (χ3v) is 3.75. The lowest BCUT2D eigenvalue weighted by atomic mass is 10.1. The third-order valence-electron chi connectivity index (χ3n) is 3.42. The second-order valence-electron chi connectivity index (χ2n) is 4.62. The van der Waals surface area contributed by atoms with Crippen LogP contribution in [-0.4, -0.2) is 21.9 Å². The van der Waals surface area contributed by atoms with E-state index >= 15 is 0 Å². The number of aromatic nitrogens is 3. The Labute approximate surface area is 116 Å². The van der Waals surface area contributed by atoms with Gasteiger partial charge in [0.05, 0.1) is 23.4 Å². The minimum Gasteiger partial charge on any atom is -0.496 e. The lowest BCUT2D eigenvalue weighted by Gasteiger charge is -2.16. The molecule has 6 heteroatoms. The highest BCUT2D eigenvalue weighted by Gasteiger charge is 2.20. The molecule has 2 N–H and O–H groups in total. The first kappa shape index (κ1) is 12.3. The summed E-state index contributed by atoms with van der Waals surface area (Å²) < 4.78 is 7.51. The van der Waals surface area contributed by atoms with Crippen LogP contribution < -0.4 is 10.5 Å². The quantitative estimate of drug-likeness (QED) is 0.857. The van der Waals surface area contributed by atoms with Crippen LogP contribution in [0.4, 0.5) is 5.69 Å². The van der Waals surface area contributed by atoms with Crippen molar-refractivity contribution < 1.29 is 4.74 Å². The Balaban J connectivity index is 2.16. The average Bonchev–Trinajstić information content (AvgIpc) is 2.85. The van der Waals surface area contributed by atoms with Crippen LogP contribution in [0.25, 0.3) is 11.4 Å². The monoisotopic (exact) mass is 278 g/mol. The lowest BCUT2D eigenvalue weighted by molar-refractivity contribution is 0.415. The molecule has 0 amide bonds. The number of ether oxygens (including phenoxy) is 1. The van der Waals surface area contributed by atoms with Gasteiger partial charge in [-0.3, -0.25) is 0 Å². The number of rotatable bonds is 2. The largest absolute Gasteiger partial charge is 0.496 e. The number of anilines is 1. The van der Waals surface area contributed by atoms with Crippen molar-refractivity contribution in [3.8, 4) is 17.1 Å². The first-order valence-corrected chi connectivity index (χ1v) is 6.64. The molecule has 2 heterocycles. The predicted molar refractivity (Wildman–Crippen MR) is 74.4 cm³/mol. The molecular formula is C13H15ClN4O. The van der Waals surface area contributed by atoms with Gasteiger partial charge in [-0.1, -0.05) is 11.6 Å². The Morgan fingerprint density at radius 1 is 1.32 bits per heavy atom. The summed E-state index contributed by atoms with van der Waals surface area (Å²) in [4.78, 5) is 0. The Kier molecular flexibility index (Phi) is 3.06. The number of aryl methyl sites for hydroxylation is 1. The molecule has 3 rings (SSSR count). The Bertz CT molecular complexity index is 623. The summed E-state index contributed by atoms with van der Waals surface area (Å²) in [5.74, 6) is 2.49. The molecule has 5 nitrogen and oxygen atoms in total. The van der Waals surface area contributed by atoms with Crippen molar-refractivity contribution in [3.05, 3.63) is 23.0 Å². The number of nitrogens with two attached hydrogens (primary N) is 1. The second-order valence-corrected chi connectivity index (χ2v) is 5.03. The average molecular weight is 279 g/mol. The fourth-order valence-corrected chi connectivity index (χ4v) is 2.58. The first-order chi connectivity index (χ1) is 9.20. The van der Waals surface area contributed by atoms with Crippen molar-refractivity contribution >= 4 is 17.3 Å². The zero-order chi connectivity index (χ0) is 13.4. The van der Waals surface area contributed by atoms with Crippen LogP contribution in [0.15, 0.2) is 12.1 Å². The zero-order valence-corrected chi connectivity index (χ0v) is 11.4. The van der Waals surface area contributed by atoms with E-state index in [-0.39, 0.29) is 0 Å². The van der Waals surface area contributed by atoms with Crippen molar-refractivity contribution in [1.29, 1.82) is 0 Å². The summed E-state index contributed by atoms with van der Waals surface area (Å²) in [6, 6.07) is 3.52. The molecule has 0 saturated heterocycles. The molecule has 0 radical (unpaired) electrons. The molecule has 0 bridgehead atoms. The number of fused-ring (bicyclic) bond motifs is 1. The SMILES string of the molecule is COc1cc(N)c(Cl)cc1-c1nnc2n1CCCC2. The number of hydrogen-bond acceptors (Lipinski definition) is 4. The number of hydrogen-bond donors (Lipinski definition) is 1. The highest BCUT2D eigenvalue weighted by Crippen LogP contribution is 2.36. The maximum atomic E-state index is 6.10. The highest BCUT2D eigenvalue weighted by molar-refractivity contribution is 6.33. The highest BCUT2D eigenvalue weighted by atomic mass is 35.5. The normalized spacial score (nSPS) is 14.2. The molecule has 0 unspecified atom stereocenters. The summed E-state index contributed by atoms with van der Waals surface area (Å²) in [6.07, 6.45) is 3.28. The topological polar surface area (TPSA) is 66.0 Å². The molecule has 1 aliphatic heterocycles. The smallest absolute Gasteiger partial charge is 0.167 e. The summed E-state index contributed by atoms with van der Waals surface area (Å²) in [5, 5.41) is 9.03. The Hall–Kier alpha value is -1.75. The van der Waals surface area contributed by atoms with Gasteiger partial charge in [-0.05, 0) is 18.9 Å². The molecule has 19 heavy (non-hydrogen) atoms. The Morgan fingerprint density at radius 2 is 2.16 bits per heavy atom. The van der Waals surface area contributed by atoms with E-state index in [1.54, 1.807) is 19.2 Å². The summed E-state index contributed by atoms with van der Waals surface area (Å²) >= 11 is 6.10. The van der Waals surface area contributed by atoms with E-state index in [4.69, 9.17) is 22.1 Å². The number of benzene rings is 1. The van der Waals surface area contributed by atoms with Crippen LogP contribution in [0, 0.1) is 0 Å². The van der Waals surface area contributed by atoms with Crippen LogP contribution in [0.1, 0.15) is 18.7 Å². The van der Waals surface area contributed by atoms with Gasteiger partial charge in [-0.25, -0.2) is 0 Å². The zero-order valence-electron chi connectivity index (χ0n) is 10.7. The molecule has 0 fully saturated rings. The van der Waals surface area contributed by atoms with Gasteiger partial charge in [0.1, 0.15) is 11.6 Å². The fraction of sp³-hybridized carbons (Fsp3) is 0.385. The Morgan fingerprint density at radius 3 is 2.95 bits per heavy atom. The van der Waals surface area contributed by atoms with Crippen molar-refractivity contribution in [3.63, 3.8) is 0 Å². The van der Waals surface area contributed by atoms with Crippen molar-refractivity contribution in [2.75, 3.05) is 12.8 Å². The van der Waals surface area contributed by atoms with Gasteiger partial charge >= 0.3 is 0 Å². The van der Waals surface area contributed by atoms with E-state index < -0.39 is 0 Å². The van der Waals surface area contributed by atoms with Crippen molar-refractivity contribution in [2.24, 2.45) is 0 Å². The molecule has 2 aromatic rings. The summed E-state index contributed by atoms with van der Waals surface area (Å²) in [5.41, 5.74) is 7.14. The minimum atomic E-state index is 0.501. The summed E-state index contributed by atoms with van der Waals surface area (Å²) in [6.45, 7) is 0.933. The van der Waals surface area contributed by atoms with E-state index in [0.29, 0.717) is 16.5 Å². The number of halogens is 1. The van der Waals surface area contributed by atoms with E-state index in [1.807, 2.05) is 0 Å². The number of methoxy groups -OCH3 is 1. The standard InChI is InChI=1S/C13H15ClN4O/c1-19-11-7-10(15)9(14)6-8(11)13-17-16-12-4-2-3-5-18(12)13/h6-7H,2-5,15H2,1H3. The van der Waals surface area contributed by atoms with Crippen molar-refractivity contribution in [1.82, 2.24) is 14.8 Å². The lowest BCUT2D eigenvalue weighted by Crippen LogP contribution is -2.11. The maximum Gasteiger partial charge on any atom is 0.167 e. The molecule has 1 aliphatic rings. The molecule has 0 saturated carbocycles. The maximum absolute atomic E-state index is 6.10. The second kappa shape index (κ2) is 4.74. The van der Waals surface area contributed by atoms with Gasteiger partial charge in [0.25, 0.3) is 0 Å². The van der Waals surface area contributed by atoms with Gasteiger partial charge in [0, 0.05) is 19.0 Å². The molecule has 0 spiro atoms. The van der Waals surface area contributed by atoms with Gasteiger partial charge in [0.2, 0.25) is 0 Å². The number of nitrogens with zero attached hydrogens (tertiary/aromatic N) is 3. The van der Waals surface area contributed by atoms with E-state index in [2.05, 4.69) is 14.8 Å². The van der Waals surface area contributed by atoms with E-state index in [0.717, 1.165) is 43.0 Å². The summed E-state index contributed by atoms with van der Waals surface area (Å²) in [7, 11) is 1.61. The molecule has 0 atom stereocenters. The van der Waals surface area contributed by atoms with Crippen molar-refractivity contribution in [2.45, 2.75) is 25.8 Å². The van der Waals surface area contributed by atoms with Gasteiger partial charge in [-0.2, -0.15) is 0 Å². The van der Waals surface area contributed by atoms with Crippen LogP contribution in [0.3, 0.4) is 0 Å². The number of nitrogen functional groups attached to an aromatic ring is 1. The van der Waals surface area contributed by atoms with Gasteiger partial charge < -0.3 is 15.0 Å². The van der Waals surface area contributed by atoms with Gasteiger partial charge in [-0.15, -0.1) is 10.2 Å². The molecule has 1 aromatic carbocycles. The third kappa shape index (κ3) is 2.04.